The first-order valence-electron chi connectivity index (χ1n) is 5.47. The fourth-order valence-corrected chi connectivity index (χ4v) is 2.08. The van der Waals surface area contributed by atoms with E-state index in [9.17, 15) is 9.50 Å². The molecule has 1 fully saturated rings. The zero-order valence-electron chi connectivity index (χ0n) is 9.24. The van der Waals surface area contributed by atoms with Gasteiger partial charge in [0.1, 0.15) is 0 Å². The minimum Gasteiger partial charge on any atom is -0.494 e. The summed E-state index contributed by atoms with van der Waals surface area (Å²) in [6.07, 6.45) is 1.33. The second kappa shape index (κ2) is 4.80. The van der Waals surface area contributed by atoms with E-state index in [1.807, 2.05) is 0 Å². The van der Waals surface area contributed by atoms with Crippen LogP contribution in [0.15, 0.2) is 18.2 Å². The van der Waals surface area contributed by atoms with E-state index in [0.29, 0.717) is 5.56 Å². The second-order valence-corrected chi connectivity index (χ2v) is 4.04. The fraction of sp³-hybridized carbons (Fsp3) is 0.500. The Kier molecular flexibility index (Phi) is 3.41. The average molecular weight is 225 g/mol. The van der Waals surface area contributed by atoms with E-state index in [0.717, 1.165) is 19.4 Å². The first-order chi connectivity index (χ1) is 7.72. The molecule has 0 spiro atoms. The van der Waals surface area contributed by atoms with Gasteiger partial charge in [0.2, 0.25) is 0 Å². The Balaban J connectivity index is 2.16. The number of halogens is 1. The Morgan fingerprint density at radius 2 is 2.38 bits per heavy atom. The van der Waals surface area contributed by atoms with Crippen LogP contribution in [0.3, 0.4) is 0 Å². The summed E-state index contributed by atoms with van der Waals surface area (Å²) in [5, 5.41) is 13.2. The second-order valence-electron chi connectivity index (χ2n) is 4.04. The molecule has 0 aliphatic carbocycles. The van der Waals surface area contributed by atoms with Crippen LogP contribution in [0.5, 0.6) is 5.75 Å². The van der Waals surface area contributed by atoms with Gasteiger partial charge in [-0.05, 0) is 37.1 Å². The first kappa shape index (κ1) is 11.4. The standard InChI is InChI=1S/C12H16FNO2/c1-16-11-5-4-8(7-9(11)13)12(15)10-3-2-6-14-10/h4-5,7,10,12,14-15H,2-3,6H2,1H3. The molecule has 2 rings (SSSR count). The van der Waals surface area contributed by atoms with Gasteiger partial charge in [-0.15, -0.1) is 0 Å². The Morgan fingerprint density at radius 1 is 1.56 bits per heavy atom. The highest BCUT2D eigenvalue weighted by Crippen LogP contribution is 2.26. The summed E-state index contributed by atoms with van der Waals surface area (Å²) < 4.78 is 18.3. The highest BCUT2D eigenvalue weighted by Gasteiger charge is 2.24. The maximum Gasteiger partial charge on any atom is 0.165 e. The van der Waals surface area contributed by atoms with E-state index in [1.165, 1.54) is 13.2 Å². The normalized spacial score (nSPS) is 22.1. The molecule has 3 nitrogen and oxygen atoms in total. The van der Waals surface area contributed by atoms with Crippen molar-refractivity contribution in [2.24, 2.45) is 0 Å². The van der Waals surface area contributed by atoms with Gasteiger partial charge >= 0.3 is 0 Å². The lowest BCUT2D eigenvalue weighted by molar-refractivity contribution is 0.137. The van der Waals surface area contributed by atoms with Gasteiger partial charge in [-0.1, -0.05) is 6.07 Å². The smallest absolute Gasteiger partial charge is 0.165 e. The largest absolute Gasteiger partial charge is 0.494 e. The molecule has 2 N–H and O–H groups in total. The molecule has 2 atom stereocenters. The predicted octanol–water partition coefficient (Wildman–Crippen LogP) is 1.62. The van der Waals surface area contributed by atoms with Crippen molar-refractivity contribution in [3.8, 4) is 5.75 Å². The van der Waals surface area contributed by atoms with E-state index in [1.54, 1.807) is 12.1 Å². The topological polar surface area (TPSA) is 41.5 Å². The SMILES string of the molecule is COc1ccc(C(O)C2CCCN2)cc1F. The maximum atomic E-state index is 13.4. The Morgan fingerprint density at radius 3 is 2.94 bits per heavy atom. The number of benzene rings is 1. The number of methoxy groups -OCH3 is 1. The lowest BCUT2D eigenvalue weighted by Gasteiger charge is -2.19. The molecular weight excluding hydrogens is 209 g/mol. The number of aliphatic hydroxyl groups is 1. The Hall–Kier alpha value is -1.13. The van der Waals surface area contributed by atoms with Crippen LogP contribution in [0.25, 0.3) is 0 Å². The summed E-state index contributed by atoms with van der Waals surface area (Å²) in [7, 11) is 1.42. The third kappa shape index (κ3) is 2.18. The summed E-state index contributed by atoms with van der Waals surface area (Å²) >= 11 is 0. The van der Waals surface area contributed by atoms with Crippen molar-refractivity contribution in [1.82, 2.24) is 5.32 Å². The molecule has 0 amide bonds. The van der Waals surface area contributed by atoms with E-state index >= 15 is 0 Å². The minimum atomic E-state index is -0.650. The van der Waals surface area contributed by atoms with Crippen molar-refractivity contribution in [3.05, 3.63) is 29.6 Å². The number of nitrogens with one attached hydrogen (secondary N) is 1. The summed E-state index contributed by atoms with van der Waals surface area (Å²) in [5.74, 6) is -0.229. The summed E-state index contributed by atoms with van der Waals surface area (Å²) in [5.41, 5.74) is 0.595. The highest BCUT2D eigenvalue weighted by molar-refractivity contribution is 5.31. The molecule has 2 unspecified atom stereocenters. The number of ether oxygens (including phenoxy) is 1. The third-order valence-electron chi connectivity index (χ3n) is 3.00. The molecule has 0 saturated carbocycles. The lowest BCUT2D eigenvalue weighted by Crippen LogP contribution is -2.28. The molecule has 1 aromatic rings. The zero-order valence-corrected chi connectivity index (χ0v) is 9.24. The van der Waals surface area contributed by atoms with E-state index < -0.39 is 11.9 Å². The van der Waals surface area contributed by atoms with Gasteiger partial charge in [0.15, 0.2) is 11.6 Å². The summed E-state index contributed by atoms with van der Waals surface area (Å²) in [6.45, 7) is 0.917. The molecule has 1 aromatic carbocycles. The molecule has 4 heteroatoms. The average Bonchev–Trinajstić information content (AvgIpc) is 2.81. The van der Waals surface area contributed by atoms with Gasteiger partial charge in [-0.3, -0.25) is 0 Å². The zero-order chi connectivity index (χ0) is 11.5. The molecule has 0 bridgehead atoms. The summed E-state index contributed by atoms with van der Waals surface area (Å²) in [4.78, 5) is 0. The molecule has 0 radical (unpaired) electrons. The van der Waals surface area contributed by atoms with Crippen LogP contribution in [-0.4, -0.2) is 24.8 Å². The molecule has 1 saturated heterocycles. The maximum absolute atomic E-state index is 13.4. The van der Waals surface area contributed by atoms with E-state index in [2.05, 4.69) is 5.32 Å². The Labute approximate surface area is 94.2 Å². The Bertz CT molecular complexity index is 364. The van der Waals surface area contributed by atoms with Crippen LogP contribution >= 0.6 is 0 Å². The number of hydrogen-bond donors (Lipinski definition) is 2. The molecule has 0 aromatic heterocycles. The molecule has 88 valence electrons. The first-order valence-corrected chi connectivity index (χ1v) is 5.47. The van der Waals surface area contributed by atoms with Crippen molar-refractivity contribution in [2.75, 3.05) is 13.7 Å². The minimum absolute atomic E-state index is 0.0350. The van der Waals surface area contributed by atoms with E-state index in [4.69, 9.17) is 4.74 Å². The lowest BCUT2D eigenvalue weighted by atomic mass is 10.0. The molecule has 16 heavy (non-hydrogen) atoms. The van der Waals surface area contributed by atoms with Crippen LogP contribution in [0, 0.1) is 5.82 Å². The van der Waals surface area contributed by atoms with Gasteiger partial charge in [0.05, 0.1) is 13.2 Å². The van der Waals surface area contributed by atoms with Gasteiger partial charge in [-0.25, -0.2) is 4.39 Å². The number of rotatable bonds is 3. The van der Waals surface area contributed by atoms with Crippen LogP contribution in [0.2, 0.25) is 0 Å². The van der Waals surface area contributed by atoms with Crippen LogP contribution in [0.1, 0.15) is 24.5 Å². The van der Waals surface area contributed by atoms with Crippen LogP contribution in [-0.2, 0) is 0 Å². The molecular formula is C12H16FNO2. The van der Waals surface area contributed by atoms with Gasteiger partial charge in [0, 0.05) is 6.04 Å². The van der Waals surface area contributed by atoms with Gasteiger partial charge in [-0.2, -0.15) is 0 Å². The van der Waals surface area contributed by atoms with E-state index in [-0.39, 0.29) is 11.8 Å². The molecule has 1 aliphatic rings. The highest BCUT2D eigenvalue weighted by atomic mass is 19.1. The van der Waals surface area contributed by atoms with Crippen molar-refractivity contribution in [2.45, 2.75) is 25.0 Å². The molecule has 1 aliphatic heterocycles. The van der Waals surface area contributed by atoms with Gasteiger partial charge in [0.25, 0.3) is 0 Å². The van der Waals surface area contributed by atoms with Crippen molar-refractivity contribution in [3.63, 3.8) is 0 Å². The number of hydrogen-bond acceptors (Lipinski definition) is 3. The molecule has 1 heterocycles. The number of aliphatic hydroxyl groups excluding tert-OH is 1. The van der Waals surface area contributed by atoms with Crippen molar-refractivity contribution < 1.29 is 14.2 Å². The van der Waals surface area contributed by atoms with Crippen LogP contribution < -0.4 is 10.1 Å². The third-order valence-corrected chi connectivity index (χ3v) is 3.00. The van der Waals surface area contributed by atoms with Crippen molar-refractivity contribution in [1.29, 1.82) is 0 Å². The fourth-order valence-electron chi connectivity index (χ4n) is 2.08. The summed E-state index contributed by atoms with van der Waals surface area (Å²) in [6, 6.07) is 4.62. The monoisotopic (exact) mass is 225 g/mol. The van der Waals surface area contributed by atoms with Crippen molar-refractivity contribution >= 4 is 0 Å². The van der Waals surface area contributed by atoms with Gasteiger partial charge < -0.3 is 15.2 Å². The predicted molar refractivity (Wildman–Crippen MR) is 58.9 cm³/mol. The quantitative estimate of drug-likeness (QED) is 0.821. The van der Waals surface area contributed by atoms with Crippen LogP contribution in [0.4, 0.5) is 4.39 Å².